The van der Waals surface area contributed by atoms with Crippen LogP contribution in [0, 0.1) is 5.92 Å². The van der Waals surface area contributed by atoms with Gasteiger partial charge in [0.1, 0.15) is 5.54 Å². The number of carboxylic acid groups (broad SMARTS) is 1. The van der Waals surface area contributed by atoms with Crippen LogP contribution in [0.1, 0.15) is 46.0 Å². The summed E-state index contributed by atoms with van der Waals surface area (Å²) in [6, 6.07) is 0. The molecule has 4 heteroatoms. The summed E-state index contributed by atoms with van der Waals surface area (Å²) in [4.78, 5) is 24.2. The van der Waals surface area contributed by atoms with Crippen LogP contribution in [0.3, 0.4) is 0 Å². The SMILES string of the molecule is CCC1CCC(C(=O)O)(N(C)C(C)=O)CC1. The van der Waals surface area contributed by atoms with Crippen LogP contribution >= 0.6 is 0 Å². The highest BCUT2D eigenvalue weighted by molar-refractivity contribution is 5.86. The number of hydrogen-bond acceptors (Lipinski definition) is 2. The Labute approximate surface area is 96.6 Å². The molecule has 1 N–H and O–H groups in total. The lowest BCUT2D eigenvalue weighted by Gasteiger charge is -2.42. The predicted molar refractivity (Wildman–Crippen MR) is 61.1 cm³/mol. The van der Waals surface area contributed by atoms with Crippen LogP contribution < -0.4 is 0 Å². The minimum absolute atomic E-state index is 0.169. The van der Waals surface area contributed by atoms with Crippen LogP contribution in [0.5, 0.6) is 0 Å². The zero-order valence-electron chi connectivity index (χ0n) is 10.3. The van der Waals surface area contributed by atoms with Gasteiger partial charge in [-0.2, -0.15) is 0 Å². The fraction of sp³-hybridized carbons (Fsp3) is 0.833. The molecule has 0 atom stereocenters. The molecule has 4 nitrogen and oxygen atoms in total. The normalized spacial score (nSPS) is 29.8. The Morgan fingerprint density at radius 2 is 1.88 bits per heavy atom. The topological polar surface area (TPSA) is 57.6 Å². The largest absolute Gasteiger partial charge is 0.479 e. The molecule has 0 aromatic carbocycles. The van der Waals surface area contributed by atoms with Crippen molar-refractivity contribution >= 4 is 11.9 Å². The van der Waals surface area contributed by atoms with E-state index in [1.165, 1.54) is 11.8 Å². The number of hydrogen-bond donors (Lipinski definition) is 1. The highest BCUT2D eigenvalue weighted by Crippen LogP contribution is 2.37. The van der Waals surface area contributed by atoms with Crippen molar-refractivity contribution in [3.05, 3.63) is 0 Å². The highest BCUT2D eigenvalue weighted by Gasteiger charge is 2.46. The number of amides is 1. The Bertz CT molecular complexity index is 280. The molecule has 0 heterocycles. The van der Waals surface area contributed by atoms with E-state index in [0.29, 0.717) is 18.8 Å². The summed E-state index contributed by atoms with van der Waals surface area (Å²) in [6.07, 6.45) is 4.06. The molecule has 1 saturated carbocycles. The fourth-order valence-corrected chi connectivity index (χ4v) is 2.56. The van der Waals surface area contributed by atoms with Gasteiger partial charge in [-0.3, -0.25) is 4.79 Å². The minimum Gasteiger partial charge on any atom is -0.479 e. The molecular formula is C12H21NO3. The van der Waals surface area contributed by atoms with E-state index in [9.17, 15) is 14.7 Å². The molecule has 0 saturated heterocycles. The first-order valence-electron chi connectivity index (χ1n) is 5.92. The number of carbonyl (C=O) groups excluding carboxylic acids is 1. The van der Waals surface area contributed by atoms with Crippen molar-refractivity contribution < 1.29 is 14.7 Å². The predicted octanol–water partition coefficient (Wildman–Crippen LogP) is 1.89. The number of nitrogens with zero attached hydrogens (tertiary/aromatic N) is 1. The summed E-state index contributed by atoms with van der Waals surface area (Å²) < 4.78 is 0. The zero-order valence-corrected chi connectivity index (χ0v) is 10.3. The molecule has 1 rings (SSSR count). The van der Waals surface area contributed by atoms with E-state index in [0.717, 1.165) is 19.3 Å². The Balaban J connectivity index is 2.84. The molecule has 1 aliphatic rings. The van der Waals surface area contributed by atoms with E-state index in [4.69, 9.17) is 0 Å². The second-order valence-electron chi connectivity index (χ2n) is 4.77. The third-order valence-corrected chi connectivity index (χ3v) is 4.02. The first-order valence-corrected chi connectivity index (χ1v) is 5.92. The monoisotopic (exact) mass is 227 g/mol. The molecule has 0 aliphatic heterocycles. The van der Waals surface area contributed by atoms with E-state index in [1.807, 2.05) is 0 Å². The molecule has 0 radical (unpaired) electrons. The van der Waals surface area contributed by atoms with Crippen LogP contribution in [0.25, 0.3) is 0 Å². The smallest absolute Gasteiger partial charge is 0.329 e. The van der Waals surface area contributed by atoms with Gasteiger partial charge in [-0.15, -0.1) is 0 Å². The zero-order chi connectivity index (χ0) is 12.3. The van der Waals surface area contributed by atoms with Crippen LogP contribution in [0.4, 0.5) is 0 Å². The lowest BCUT2D eigenvalue weighted by molar-refractivity contribution is -0.160. The fourth-order valence-electron chi connectivity index (χ4n) is 2.56. The standard InChI is InChI=1S/C12H21NO3/c1-4-10-5-7-12(8-6-10,11(15)16)13(3)9(2)14/h10H,4-8H2,1-3H3,(H,15,16). The van der Waals surface area contributed by atoms with Crippen LogP contribution in [-0.2, 0) is 9.59 Å². The minimum atomic E-state index is -0.961. The van der Waals surface area contributed by atoms with Gasteiger partial charge in [-0.1, -0.05) is 13.3 Å². The Hall–Kier alpha value is -1.06. The van der Waals surface area contributed by atoms with Crippen molar-refractivity contribution in [2.45, 2.75) is 51.5 Å². The second kappa shape index (κ2) is 4.85. The molecule has 92 valence electrons. The van der Waals surface area contributed by atoms with Gasteiger partial charge >= 0.3 is 5.97 Å². The maximum absolute atomic E-state index is 11.4. The Morgan fingerprint density at radius 1 is 1.38 bits per heavy atom. The molecule has 0 unspecified atom stereocenters. The van der Waals surface area contributed by atoms with Crippen molar-refractivity contribution in [1.82, 2.24) is 4.90 Å². The van der Waals surface area contributed by atoms with Crippen molar-refractivity contribution in [2.24, 2.45) is 5.92 Å². The van der Waals surface area contributed by atoms with Crippen molar-refractivity contribution in [1.29, 1.82) is 0 Å². The van der Waals surface area contributed by atoms with Gasteiger partial charge in [0.25, 0.3) is 0 Å². The molecule has 16 heavy (non-hydrogen) atoms. The lowest BCUT2D eigenvalue weighted by atomic mass is 9.74. The number of rotatable bonds is 3. The van der Waals surface area contributed by atoms with Crippen molar-refractivity contribution in [3.63, 3.8) is 0 Å². The Kier molecular flexibility index (Phi) is 3.94. The first-order chi connectivity index (χ1) is 7.44. The number of aliphatic carboxylic acids is 1. The Morgan fingerprint density at radius 3 is 2.19 bits per heavy atom. The summed E-state index contributed by atoms with van der Waals surface area (Å²) in [5, 5.41) is 9.37. The number of carboxylic acids is 1. The van der Waals surface area contributed by atoms with Crippen LogP contribution in [-0.4, -0.2) is 34.5 Å². The van der Waals surface area contributed by atoms with Crippen molar-refractivity contribution in [3.8, 4) is 0 Å². The third kappa shape index (κ3) is 2.20. The molecule has 0 spiro atoms. The van der Waals surface area contributed by atoms with E-state index in [1.54, 1.807) is 7.05 Å². The van der Waals surface area contributed by atoms with Gasteiger partial charge in [-0.05, 0) is 31.6 Å². The number of carbonyl (C=O) groups is 2. The highest BCUT2D eigenvalue weighted by atomic mass is 16.4. The van der Waals surface area contributed by atoms with Crippen molar-refractivity contribution in [2.75, 3.05) is 7.05 Å². The molecular weight excluding hydrogens is 206 g/mol. The average molecular weight is 227 g/mol. The first kappa shape index (κ1) is 13.0. The van der Waals surface area contributed by atoms with Crippen LogP contribution in [0.2, 0.25) is 0 Å². The molecule has 1 fully saturated rings. The maximum atomic E-state index is 11.4. The quantitative estimate of drug-likeness (QED) is 0.801. The lowest BCUT2D eigenvalue weighted by Crippen LogP contribution is -2.56. The van der Waals surface area contributed by atoms with E-state index < -0.39 is 11.5 Å². The van der Waals surface area contributed by atoms with Gasteiger partial charge in [0, 0.05) is 14.0 Å². The van der Waals surface area contributed by atoms with Gasteiger partial charge in [0.15, 0.2) is 0 Å². The van der Waals surface area contributed by atoms with Gasteiger partial charge < -0.3 is 10.0 Å². The molecule has 1 aliphatic carbocycles. The average Bonchev–Trinajstić information content (AvgIpc) is 2.27. The summed E-state index contributed by atoms with van der Waals surface area (Å²) in [6.45, 7) is 3.56. The summed E-state index contributed by atoms with van der Waals surface area (Å²) >= 11 is 0. The van der Waals surface area contributed by atoms with E-state index >= 15 is 0 Å². The van der Waals surface area contributed by atoms with E-state index in [-0.39, 0.29) is 5.91 Å². The summed E-state index contributed by atoms with van der Waals surface area (Å²) in [5.41, 5.74) is -0.961. The molecule has 0 bridgehead atoms. The van der Waals surface area contributed by atoms with Crippen LogP contribution in [0.15, 0.2) is 0 Å². The molecule has 0 aromatic heterocycles. The second-order valence-corrected chi connectivity index (χ2v) is 4.77. The van der Waals surface area contributed by atoms with Gasteiger partial charge in [0.05, 0.1) is 0 Å². The molecule has 0 aromatic rings. The third-order valence-electron chi connectivity index (χ3n) is 4.02. The maximum Gasteiger partial charge on any atom is 0.329 e. The van der Waals surface area contributed by atoms with Gasteiger partial charge in [0.2, 0.25) is 5.91 Å². The molecule has 1 amide bonds. The van der Waals surface area contributed by atoms with E-state index in [2.05, 4.69) is 6.92 Å². The van der Waals surface area contributed by atoms with Gasteiger partial charge in [-0.25, -0.2) is 4.79 Å². The number of likely N-dealkylation sites (N-methyl/N-ethyl adjacent to an activating group) is 1. The summed E-state index contributed by atoms with van der Waals surface area (Å²) in [7, 11) is 1.60. The summed E-state index contributed by atoms with van der Waals surface area (Å²) in [5.74, 6) is -0.412.